The molecule has 0 radical (unpaired) electrons. The summed E-state index contributed by atoms with van der Waals surface area (Å²) in [5.41, 5.74) is 1.69. The first kappa shape index (κ1) is 23.1. The fraction of sp³-hybridized carbons (Fsp3) is 0.480. The molecule has 2 aromatic carbocycles. The zero-order valence-electron chi connectivity index (χ0n) is 18.7. The maximum atomic E-state index is 13.9. The van der Waals surface area contributed by atoms with Crippen molar-refractivity contribution >= 4 is 5.91 Å². The molecule has 3 rings (SSSR count). The standard InChI is InChI=1S/C25H33FN2O3/c1-4-30-23-11-10-20(16-24(23)31-5-2)18(3)27-25(29)19-12-14-28(15-13-19)17-21-8-6-7-9-22(21)26/h6-11,16,18-19H,4-5,12-15,17H2,1-3H3,(H,27,29)/t18-/m0/s1. The molecule has 1 amide bonds. The molecular formula is C25H33FN2O3. The minimum atomic E-state index is -0.169. The highest BCUT2D eigenvalue weighted by molar-refractivity contribution is 5.79. The van der Waals surface area contributed by atoms with E-state index in [1.54, 1.807) is 6.07 Å². The molecule has 1 aliphatic rings. The van der Waals surface area contributed by atoms with Gasteiger partial charge in [0.1, 0.15) is 5.82 Å². The lowest BCUT2D eigenvalue weighted by Crippen LogP contribution is -2.41. The van der Waals surface area contributed by atoms with Crippen LogP contribution in [0.3, 0.4) is 0 Å². The summed E-state index contributed by atoms with van der Waals surface area (Å²) in [7, 11) is 0. The summed E-state index contributed by atoms with van der Waals surface area (Å²) < 4.78 is 25.2. The van der Waals surface area contributed by atoms with Gasteiger partial charge in [-0.2, -0.15) is 0 Å². The smallest absolute Gasteiger partial charge is 0.223 e. The van der Waals surface area contributed by atoms with Crippen LogP contribution in [0.4, 0.5) is 4.39 Å². The molecule has 168 valence electrons. The Kier molecular flexibility index (Phi) is 8.29. The van der Waals surface area contributed by atoms with Crippen LogP contribution in [0.2, 0.25) is 0 Å². The number of rotatable bonds is 9. The first-order valence-electron chi connectivity index (χ1n) is 11.2. The van der Waals surface area contributed by atoms with E-state index in [-0.39, 0.29) is 23.7 Å². The van der Waals surface area contributed by atoms with Gasteiger partial charge in [-0.25, -0.2) is 4.39 Å². The lowest BCUT2D eigenvalue weighted by atomic mass is 9.94. The summed E-state index contributed by atoms with van der Waals surface area (Å²) in [6.07, 6.45) is 1.56. The first-order chi connectivity index (χ1) is 15.0. The summed E-state index contributed by atoms with van der Waals surface area (Å²) in [4.78, 5) is 15.1. The number of amides is 1. The van der Waals surface area contributed by atoms with Gasteiger partial charge in [-0.3, -0.25) is 9.69 Å². The molecule has 0 aliphatic carbocycles. The van der Waals surface area contributed by atoms with E-state index in [0.717, 1.165) is 31.5 Å². The van der Waals surface area contributed by atoms with Gasteiger partial charge in [0.15, 0.2) is 11.5 Å². The van der Waals surface area contributed by atoms with Crippen LogP contribution in [-0.2, 0) is 11.3 Å². The van der Waals surface area contributed by atoms with E-state index in [0.29, 0.717) is 36.8 Å². The van der Waals surface area contributed by atoms with Crippen LogP contribution in [0.25, 0.3) is 0 Å². The van der Waals surface area contributed by atoms with Crippen molar-refractivity contribution in [1.82, 2.24) is 10.2 Å². The number of nitrogens with one attached hydrogen (secondary N) is 1. The van der Waals surface area contributed by atoms with Crippen molar-refractivity contribution in [2.75, 3.05) is 26.3 Å². The molecule has 0 bridgehead atoms. The number of nitrogens with zero attached hydrogens (tertiary/aromatic N) is 1. The minimum Gasteiger partial charge on any atom is -0.490 e. The average molecular weight is 429 g/mol. The van der Waals surface area contributed by atoms with E-state index >= 15 is 0 Å². The topological polar surface area (TPSA) is 50.8 Å². The van der Waals surface area contributed by atoms with Gasteiger partial charge in [0.2, 0.25) is 5.91 Å². The number of carbonyl (C=O) groups is 1. The predicted molar refractivity (Wildman–Crippen MR) is 120 cm³/mol. The Hall–Kier alpha value is -2.60. The van der Waals surface area contributed by atoms with E-state index in [1.165, 1.54) is 6.07 Å². The van der Waals surface area contributed by atoms with Gasteiger partial charge in [0.05, 0.1) is 19.3 Å². The zero-order chi connectivity index (χ0) is 22.2. The molecule has 0 saturated carbocycles. The van der Waals surface area contributed by atoms with Gasteiger partial charge in [-0.1, -0.05) is 24.3 Å². The number of carbonyl (C=O) groups excluding carboxylic acids is 1. The Morgan fingerprint density at radius 1 is 1.10 bits per heavy atom. The highest BCUT2D eigenvalue weighted by Crippen LogP contribution is 2.31. The number of likely N-dealkylation sites (tertiary alicyclic amines) is 1. The molecule has 1 saturated heterocycles. The SMILES string of the molecule is CCOc1ccc([C@H](C)NC(=O)C2CCN(Cc3ccccc3F)CC2)cc1OCC. The van der Waals surface area contributed by atoms with Crippen molar-refractivity contribution < 1.29 is 18.7 Å². The lowest BCUT2D eigenvalue weighted by Gasteiger charge is -2.32. The third-order valence-electron chi connectivity index (χ3n) is 5.74. The van der Waals surface area contributed by atoms with Gasteiger partial charge in [-0.05, 0) is 70.5 Å². The molecule has 1 atom stereocenters. The third-order valence-corrected chi connectivity index (χ3v) is 5.74. The highest BCUT2D eigenvalue weighted by Gasteiger charge is 2.26. The van der Waals surface area contributed by atoms with Crippen LogP contribution >= 0.6 is 0 Å². The Morgan fingerprint density at radius 3 is 2.45 bits per heavy atom. The number of hydrogen-bond donors (Lipinski definition) is 1. The Bertz CT molecular complexity index is 866. The zero-order valence-corrected chi connectivity index (χ0v) is 18.7. The van der Waals surface area contributed by atoms with E-state index in [2.05, 4.69) is 10.2 Å². The molecule has 31 heavy (non-hydrogen) atoms. The first-order valence-corrected chi connectivity index (χ1v) is 11.2. The van der Waals surface area contributed by atoms with Gasteiger partial charge in [0, 0.05) is 18.0 Å². The van der Waals surface area contributed by atoms with Crippen molar-refractivity contribution in [1.29, 1.82) is 0 Å². The molecular weight excluding hydrogens is 395 g/mol. The second-order valence-corrected chi connectivity index (χ2v) is 7.94. The van der Waals surface area contributed by atoms with Gasteiger partial charge < -0.3 is 14.8 Å². The van der Waals surface area contributed by atoms with Crippen molar-refractivity contribution in [2.45, 2.75) is 46.2 Å². The molecule has 0 unspecified atom stereocenters. The quantitative estimate of drug-likeness (QED) is 0.628. The molecule has 1 aliphatic heterocycles. The van der Waals surface area contributed by atoms with Gasteiger partial charge in [0.25, 0.3) is 0 Å². The summed E-state index contributed by atoms with van der Waals surface area (Å²) in [5.74, 6) is 1.30. The Balaban J connectivity index is 1.53. The monoisotopic (exact) mass is 428 g/mol. The number of ether oxygens (including phenoxy) is 2. The molecule has 1 heterocycles. The largest absolute Gasteiger partial charge is 0.490 e. The normalized spacial score (nSPS) is 16.0. The lowest BCUT2D eigenvalue weighted by molar-refractivity contribution is -0.127. The van der Waals surface area contributed by atoms with E-state index < -0.39 is 0 Å². The maximum absolute atomic E-state index is 13.9. The molecule has 6 heteroatoms. The molecule has 0 aromatic heterocycles. The van der Waals surface area contributed by atoms with Gasteiger partial charge >= 0.3 is 0 Å². The Morgan fingerprint density at radius 2 is 1.77 bits per heavy atom. The average Bonchev–Trinajstić information content (AvgIpc) is 2.77. The van der Waals surface area contributed by atoms with Crippen LogP contribution in [0.1, 0.15) is 50.8 Å². The van der Waals surface area contributed by atoms with Crippen molar-refractivity contribution in [3.05, 3.63) is 59.4 Å². The van der Waals surface area contributed by atoms with Gasteiger partial charge in [-0.15, -0.1) is 0 Å². The van der Waals surface area contributed by atoms with Crippen LogP contribution in [-0.4, -0.2) is 37.1 Å². The number of halogens is 1. The number of hydrogen-bond acceptors (Lipinski definition) is 4. The molecule has 2 aromatic rings. The molecule has 1 N–H and O–H groups in total. The highest BCUT2D eigenvalue weighted by atomic mass is 19.1. The summed E-state index contributed by atoms with van der Waals surface area (Å²) in [6.45, 7) is 9.15. The predicted octanol–water partition coefficient (Wildman–Crippen LogP) is 4.71. The van der Waals surface area contributed by atoms with Crippen LogP contribution < -0.4 is 14.8 Å². The third kappa shape index (κ3) is 6.20. The Labute approximate surface area is 184 Å². The second-order valence-electron chi connectivity index (χ2n) is 7.94. The van der Waals surface area contributed by atoms with Crippen LogP contribution in [0.15, 0.2) is 42.5 Å². The maximum Gasteiger partial charge on any atom is 0.223 e. The van der Waals surface area contributed by atoms with Crippen LogP contribution in [0, 0.1) is 11.7 Å². The van der Waals surface area contributed by atoms with E-state index in [9.17, 15) is 9.18 Å². The fourth-order valence-electron chi connectivity index (χ4n) is 3.97. The summed E-state index contributed by atoms with van der Waals surface area (Å²) in [6, 6.07) is 12.6. The van der Waals surface area contributed by atoms with Crippen LogP contribution in [0.5, 0.6) is 11.5 Å². The van der Waals surface area contributed by atoms with E-state index in [1.807, 2.05) is 51.1 Å². The molecule has 1 fully saturated rings. The fourth-order valence-corrected chi connectivity index (χ4v) is 3.97. The molecule has 5 nitrogen and oxygen atoms in total. The van der Waals surface area contributed by atoms with E-state index in [4.69, 9.17) is 9.47 Å². The minimum absolute atomic E-state index is 0.0200. The van der Waals surface area contributed by atoms with Crippen molar-refractivity contribution in [2.24, 2.45) is 5.92 Å². The van der Waals surface area contributed by atoms with Crippen molar-refractivity contribution in [3.63, 3.8) is 0 Å². The second kappa shape index (κ2) is 11.1. The summed E-state index contributed by atoms with van der Waals surface area (Å²) in [5, 5.41) is 3.15. The summed E-state index contributed by atoms with van der Waals surface area (Å²) >= 11 is 0. The molecule has 0 spiro atoms. The van der Waals surface area contributed by atoms with Crippen molar-refractivity contribution in [3.8, 4) is 11.5 Å². The number of benzene rings is 2. The number of piperidine rings is 1.